The van der Waals surface area contributed by atoms with E-state index in [9.17, 15) is 0 Å². The highest BCUT2D eigenvalue weighted by Crippen LogP contribution is 2.70. The number of allylic oxidation sites excluding steroid dienone is 2. The molecule has 2 nitrogen and oxygen atoms in total. The van der Waals surface area contributed by atoms with Crippen molar-refractivity contribution in [3.63, 3.8) is 0 Å². The van der Waals surface area contributed by atoms with E-state index in [1.54, 1.807) is 0 Å². The molecule has 2 heteroatoms. The minimum absolute atomic E-state index is 0.309. The third-order valence-corrected chi connectivity index (χ3v) is 10.6. The molecule has 4 aliphatic carbocycles. The molecular weight excluding hydrogens is 352 g/mol. The first-order valence-electron chi connectivity index (χ1n) is 12.1. The molecule has 3 fully saturated rings. The van der Waals surface area contributed by atoms with Crippen LogP contribution in [0, 0.1) is 34.0 Å². The minimum Gasteiger partial charge on any atom is -0.302 e. The molecule has 1 aromatic carbocycles. The summed E-state index contributed by atoms with van der Waals surface area (Å²) in [5.74, 6) is 2.67. The van der Waals surface area contributed by atoms with E-state index >= 15 is 0 Å². The van der Waals surface area contributed by atoms with Gasteiger partial charge in [-0.1, -0.05) is 51.8 Å². The summed E-state index contributed by atoms with van der Waals surface area (Å²) in [5, 5.41) is 0. The fourth-order valence-corrected chi connectivity index (χ4v) is 8.67. The molecule has 1 aromatic heterocycles. The molecule has 0 amide bonds. The fraction of sp³-hybridized carbons (Fsp3) is 0.667. The van der Waals surface area contributed by atoms with Crippen molar-refractivity contribution in [2.24, 2.45) is 34.0 Å². The van der Waals surface area contributed by atoms with Gasteiger partial charge >= 0.3 is 0 Å². The van der Waals surface area contributed by atoms with Crippen LogP contribution in [0.1, 0.15) is 78.6 Å². The summed E-state index contributed by atoms with van der Waals surface area (Å²) in [6, 6.07) is 8.63. The molecular formula is C27H36N2. The van der Waals surface area contributed by atoms with E-state index in [0.29, 0.717) is 16.2 Å². The van der Waals surface area contributed by atoms with E-state index in [-0.39, 0.29) is 0 Å². The maximum atomic E-state index is 4.71. The second-order valence-corrected chi connectivity index (χ2v) is 11.5. The molecule has 0 spiro atoms. The van der Waals surface area contributed by atoms with Gasteiger partial charge in [0.1, 0.15) is 6.33 Å². The van der Waals surface area contributed by atoms with E-state index in [4.69, 9.17) is 4.98 Å². The Morgan fingerprint density at radius 2 is 1.76 bits per heavy atom. The van der Waals surface area contributed by atoms with Gasteiger partial charge in [0.2, 0.25) is 0 Å². The monoisotopic (exact) mass is 388 g/mol. The normalized spacial score (nSPS) is 44.1. The lowest BCUT2D eigenvalue weighted by Crippen LogP contribution is -2.56. The molecule has 0 bridgehead atoms. The summed E-state index contributed by atoms with van der Waals surface area (Å²) in [6.45, 7) is 7.92. The lowest BCUT2D eigenvalue weighted by molar-refractivity contribution is -0.143. The van der Waals surface area contributed by atoms with Gasteiger partial charge in [0.15, 0.2) is 0 Å². The highest BCUT2D eigenvalue weighted by Gasteiger charge is 2.61. The SMILES string of the molecule is CC12CCCC[C@]1(C)C1CC[C@]3(C)C(n4cnc5ccccc54)=CCC3C1CC2. The smallest absolute Gasteiger partial charge is 0.100 e. The van der Waals surface area contributed by atoms with Crippen molar-refractivity contribution >= 4 is 16.7 Å². The molecule has 154 valence electrons. The Kier molecular flexibility index (Phi) is 3.76. The Bertz CT molecular complexity index is 985. The van der Waals surface area contributed by atoms with Gasteiger partial charge in [0, 0.05) is 11.1 Å². The Hall–Kier alpha value is -1.57. The van der Waals surface area contributed by atoms with E-state index in [1.807, 2.05) is 0 Å². The van der Waals surface area contributed by atoms with Crippen molar-refractivity contribution in [2.45, 2.75) is 78.6 Å². The molecule has 4 aliphatic rings. The Morgan fingerprint density at radius 3 is 2.66 bits per heavy atom. The number of para-hydroxylation sites is 2. The van der Waals surface area contributed by atoms with Crippen LogP contribution in [0.15, 0.2) is 36.7 Å². The first-order chi connectivity index (χ1) is 14.0. The average molecular weight is 389 g/mol. The second kappa shape index (κ2) is 5.99. The molecule has 0 N–H and O–H groups in total. The average Bonchev–Trinajstić information content (AvgIpc) is 3.29. The van der Waals surface area contributed by atoms with Crippen LogP contribution in [-0.4, -0.2) is 9.55 Å². The van der Waals surface area contributed by atoms with Gasteiger partial charge < -0.3 is 4.57 Å². The van der Waals surface area contributed by atoms with E-state index < -0.39 is 0 Å². The fourth-order valence-electron chi connectivity index (χ4n) is 8.67. The number of imidazole rings is 1. The zero-order valence-corrected chi connectivity index (χ0v) is 18.5. The topological polar surface area (TPSA) is 17.8 Å². The van der Waals surface area contributed by atoms with Crippen LogP contribution in [0.2, 0.25) is 0 Å². The Morgan fingerprint density at radius 1 is 0.931 bits per heavy atom. The van der Waals surface area contributed by atoms with E-state index in [1.165, 1.54) is 69.0 Å². The van der Waals surface area contributed by atoms with Gasteiger partial charge in [0.25, 0.3) is 0 Å². The summed E-state index contributed by atoms with van der Waals surface area (Å²) < 4.78 is 2.42. The molecule has 4 unspecified atom stereocenters. The highest BCUT2D eigenvalue weighted by atomic mass is 15.1. The third kappa shape index (κ3) is 2.27. The molecule has 1 heterocycles. The third-order valence-electron chi connectivity index (χ3n) is 10.6. The Balaban J connectivity index is 1.36. The predicted molar refractivity (Wildman–Crippen MR) is 120 cm³/mol. The van der Waals surface area contributed by atoms with Crippen LogP contribution in [-0.2, 0) is 0 Å². The lowest BCUT2D eigenvalue weighted by Gasteiger charge is -2.64. The summed E-state index contributed by atoms with van der Waals surface area (Å²) in [7, 11) is 0. The summed E-state index contributed by atoms with van der Waals surface area (Å²) >= 11 is 0. The van der Waals surface area contributed by atoms with Gasteiger partial charge in [0.05, 0.1) is 11.0 Å². The highest BCUT2D eigenvalue weighted by molar-refractivity contribution is 5.80. The van der Waals surface area contributed by atoms with Crippen LogP contribution in [0.4, 0.5) is 0 Å². The maximum Gasteiger partial charge on any atom is 0.100 e. The van der Waals surface area contributed by atoms with Gasteiger partial charge in [-0.05, 0) is 85.7 Å². The number of hydrogen-bond donors (Lipinski definition) is 0. The number of aromatic nitrogens is 2. The quantitative estimate of drug-likeness (QED) is 0.501. The molecule has 6 atom stereocenters. The second-order valence-electron chi connectivity index (χ2n) is 11.5. The van der Waals surface area contributed by atoms with Crippen molar-refractivity contribution < 1.29 is 0 Å². The number of fused-ring (bicyclic) bond motifs is 6. The number of benzene rings is 1. The molecule has 0 saturated heterocycles. The zero-order chi connectivity index (χ0) is 19.9. The summed E-state index contributed by atoms with van der Waals surface area (Å²) in [4.78, 5) is 4.71. The summed E-state index contributed by atoms with van der Waals surface area (Å²) in [5.41, 5.74) is 5.41. The van der Waals surface area contributed by atoms with Crippen molar-refractivity contribution in [1.82, 2.24) is 9.55 Å². The first kappa shape index (κ1) is 18.2. The van der Waals surface area contributed by atoms with Gasteiger partial charge in [-0.2, -0.15) is 0 Å². The molecule has 0 radical (unpaired) electrons. The van der Waals surface area contributed by atoms with Gasteiger partial charge in [-0.25, -0.2) is 4.98 Å². The Labute approximate surface area is 175 Å². The largest absolute Gasteiger partial charge is 0.302 e. The standard InChI is InChI=1S/C27H36N2/c1-25-14-6-7-15-27(25,3)21-13-17-26(2)20(19(21)12-16-25)10-11-24(26)29-18-28-22-8-4-5-9-23(22)29/h4-5,8-9,11,18-21H,6-7,10,12-17H2,1-3H3/t19?,20?,21?,25?,26-,27+/m0/s1. The number of nitrogens with zero attached hydrogens (tertiary/aromatic N) is 2. The van der Waals surface area contributed by atoms with E-state index in [2.05, 4.69) is 62.0 Å². The molecule has 29 heavy (non-hydrogen) atoms. The van der Waals surface area contributed by atoms with E-state index in [0.717, 1.165) is 23.3 Å². The first-order valence-corrected chi connectivity index (χ1v) is 12.1. The van der Waals surface area contributed by atoms with Crippen molar-refractivity contribution in [3.8, 4) is 0 Å². The van der Waals surface area contributed by atoms with Crippen LogP contribution < -0.4 is 0 Å². The lowest BCUT2D eigenvalue weighted by atomic mass is 9.40. The molecule has 3 saturated carbocycles. The van der Waals surface area contributed by atoms with Crippen LogP contribution in [0.5, 0.6) is 0 Å². The van der Waals surface area contributed by atoms with Crippen LogP contribution in [0.3, 0.4) is 0 Å². The molecule has 0 aliphatic heterocycles. The number of hydrogen-bond acceptors (Lipinski definition) is 1. The minimum atomic E-state index is 0.309. The summed E-state index contributed by atoms with van der Waals surface area (Å²) in [6.07, 6.45) is 17.5. The van der Waals surface area contributed by atoms with Crippen molar-refractivity contribution in [1.29, 1.82) is 0 Å². The molecule has 6 rings (SSSR count). The maximum absolute atomic E-state index is 4.71. The predicted octanol–water partition coefficient (Wildman–Crippen LogP) is 7.31. The van der Waals surface area contributed by atoms with Crippen LogP contribution >= 0.6 is 0 Å². The number of rotatable bonds is 1. The van der Waals surface area contributed by atoms with Gasteiger partial charge in [-0.3, -0.25) is 0 Å². The molecule has 2 aromatic rings. The van der Waals surface area contributed by atoms with Crippen molar-refractivity contribution in [3.05, 3.63) is 36.7 Å². The zero-order valence-electron chi connectivity index (χ0n) is 18.5. The van der Waals surface area contributed by atoms with Gasteiger partial charge in [-0.15, -0.1) is 0 Å². The van der Waals surface area contributed by atoms with Crippen LogP contribution in [0.25, 0.3) is 16.7 Å². The van der Waals surface area contributed by atoms with Crippen molar-refractivity contribution in [2.75, 3.05) is 0 Å².